The molecule has 9 heteroatoms. The first-order valence-electron chi connectivity index (χ1n) is 8.45. The van der Waals surface area contributed by atoms with Crippen LogP contribution >= 0.6 is 0 Å². The van der Waals surface area contributed by atoms with Crippen molar-refractivity contribution in [1.82, 2.24) is 24.9 Å². The van der Waals surface area contributed by atoms with Crippen molar-refractivity contribution in [3.05, 3.63) is 60.9 Å². The van der Waals surface area contributed by atoms with Gasteiger partial charge in [-0.3, -0.25) is 10.2 Å². The molecule has 0 atom stereocenters. The third-order valence-electron chi connectivity index (χ3n) is 4.06. The van der Waals surface area contributed by atoms with E-state index in [-0.39, 0.29) is 18.3 Å². The van der Waals surface area contributed by atoms with Crippen LogP contribution in [0.5, 0.6) is 11.5 Å². The molecular formula is C19H17N7O2. The van der Waals surface area contributed by atoms with E-state index in [1.54, 1.807) is 4.57 Å². The highest BCUT2D eigenvalue weighted by atomic mass is 16.5. The second-order valence-electron chi connectivity index (χ2n) is 5.98. The number of aromatic nitrogens is 4. The van der Waals surface area contributed by atoms with Crippen molar-refractivity contribution < 1.29 is 9.53 Å². The van der Waals surface area contributed by atoms with Crippen molar-refractivity contribution in [2.75, 3.05) is 5.73 Å². The minimum absolute atomic E-state index is 0.0211. The molecule has 140 valence electrons. The number of hydrazine groups is 1. The number of imidazole rings is 1. The Bertz CT molecular complexity index is 1120. The van der Waals surface area contributed by atoms with Crippen molar-refractivity contribution in [2.24, 2.45) is 5.84 Å². The molecule has 2 aromatic heterocycles. The molecule has 4 rings (SSSR count). The van der Waals surface area contributed by atoms with Gasteiger partial charge >= 0.3 is 0 Å². The Morgan fingerprint density at radius 2 is 1.75 bits per heavy atom. The number of hydrogen-bond donors (Lipinski definition) is 3. The van der Waals surface area contributed by atoms with E-state index in [1.165, 1.54) is 6.33 Å². The third kappa shape index (κ3) is 3.46. The molecule has 0 radical (unpaired) electrons. The zero-order chi connectivity index (χ0) is 19.5. The average Bonchev–Trinajstić information content (AvgIpc) is 3.12. The van der Waals surface area contributed by atoms with Crippen molar-refractivity contribution in [3.63, 3.8) is 0 Å². The van der Waals surface area contributed by atoms with Gasteiger partial charge in [0.2, 0.25) is 0 Å². The zero-order valence-corrected chi connectivity index (χ0v) is 14.7. The second-order valence-corrected chi connectivity index (χ2v) is 5.98. The van der Waals surface area contributed by atoms with Gasteiger partial charge in [0, 0.05) is 5.56 Å². The largest absolute Gasteiger partial charge is 0.457 e. The number of amides is 1. The van der Waals surface area contributed by atoms with E-state index >= 15 is 0 Å². The Morgan fingerprint density at radius 3 is 2.46 bits per heavy atom. The number of nitrogens with zero attached hydrogens (tertiary/aromatic N) is 4. The van der Waals surface area contributed by atoms with E-state index in [0.717, 1.165) is 11.3 Å². The van der Waals surface area contributed by atoms with E-state index in [9.17, 15) is 4.79 Å². The fourth-order valence-electron chi connectivity index (χ4n) is 2.71. The van der Waals surface area contributed by atoms with Crippen LogP contribution in [0.3, 0.4) is 0 Å². The van der Waals surface area contributed by atoms with E-state index in [4.69, 9.17) is 16.3 Å². The minimum Gasteiger partial charge on any atom is -0.457 e. The summed E-state index contributed by atoms with van der Waals surface area (Å²) in [5.74, 6) is 6.87. The van der Waals surface area contributed by atoms with Crippen molar-refractivity contribution in [2.45, 2.75) is 6.54 Å². The smallest absolute Gasteiger partial charge is 0.253 e. The summed E-state index contributed by atoms with van der Waals surface area (Å²) in [5.41, 5.74) is 9.74. The fourth-order valence-corrected chi connectivity index (χ4v) is 2.71. The zero-order valence-electron chi connectivity index (χ0n) is 14.7. The maximum Gasteiger partial charge on any atom is 0.253 e. The number of anilines is 1. The van der Waals surface area contributed by atoms with Gasteiger partial charge in [-0.2, -0.15) is 0 Å². The minimum atomic E-state index is -0.375. The van der Waals surface area contributed by atoms with E-state index in [2.05, 4.69) is 20.4 Å². The molecule has 0 bridgehead atoms. The summed E-state index contributed by atoms with van der Waals surface area (Å²) in [6, 6.07) is 16.8. The topological polar surface area (TPSA) is 134 Å². The van der Waals surface area contributed by atoms with Gasteiger partial charge in [-0.15, -0.1) is 0 Å². The summed E-state index contributed by atoms with van der Waals surface area (Å²) in [4.78, 5) is 24.6. The Kier molecular flexibility index (Phi) is 4.56. The summed E-state index contributed by atoms with van der Waals surface area (Å²) >= 11 is 0. The number of hydrogen-bond acceptors (Lipinski definition) is 7. The maximum atomic E-state index is 11.6. The second kappa shape index (κ2) is 7.33. The molecule has 2 heterocycles. The molecule has 0 aliphatic heterocycles. The first-order chi connectivity index (χ1) is 13.6. The van der Waals surface area contributed by atoms with Crippen LogP contribution in [0.4, 0.5) is 5.82 Å². The number of ether oxygens (including phenoxy) is 1. The molecular weight excluding hydrogens is 358 g/mol. The van der Waals surface area contributed by atoms with E-state index in [0.29, 0.717) is 22.7 Å². The lowest BCUT2D eigenvalue weighted by Gasteiger charge is -2.08. The first-order valence-corrected chi connectivity index (χ1v) is 8.45. The number of benzene rings is 2. The van der Waals surface area contributed by atoms with Crippen LogP contribution in [0.1, 0.15) is 0 Å². The molecule has 5 N–H and O–H groups in total. The molecule has 1 amide bonds. The highest BCUT2D eigenvalue weighted by molar-refractivity contribution is 5.85. The molecule has 0 saturated heterocycles. The predicted octanol–water partition coefficient (Wildman–Crippen LogP) is 1.86. The van der Waals surface area contributed by atoms with Crippen LogP contribution in [0.2, 0.25) is 0 Å². The summed E-state index contributed by atoms with van der Waals surface area (Å²) < 4.78 is 7.35. The number of rotatable bonds is 5. The molecule has 0 fully saturated rings. The van der Waals surface area contributed by atoms with Gasteiger partial charge in [0.1, 0.15) is 23.6 Å². The number of carbonyl (C=O) groups excluding carboxylic acids is 1. The first kappa shape index (κ1) is 17.4. The Labute approximate surface area is 160 Å². The van der Waals surface area contributed by atoms with Gasteiger partial charge in [0.15, 0.2) is 17.3 Å². The van der Waals surface area contributed by atoms with Gasteiger partial charge in [-0.25, -0.2) is 20.8 Å². The molecule has 2 aromatic carbocycles. The number of carbonyl (C=O) groups is 1. The molecule has 0 saturated carbocycles. The number of nitrogens with two attached hydrogens (primary N) is 2. The summed E-state index contributed by atoms with van der Waals surface area (Å²) in [7, 11) is 0. The number of nitrogens with one attached hydrogen (secondary N) is 1. The Hall–Kier alpha value is -3.98. The Balaban J connectivity index is 1.64. The maximum absolute atomic E-state index is 11.6. The van der Waals surface area contributed by atoms with Crippen molar-refractivity contribution in [3.8, 4) is 22.9 Å². The lowest BCUT2D eigenvalue weighted by molar-refractivity contribution is -0.121. The van der Waals surface area contributed by atoms with Crippen LogP contribution < -0.4 is 21.7 Å². The van der Waals surface area contributed by atoms with E-state index < -0.39 is 0 Å². The van der Waals surface area contributed by atoms with Gasteiger partial charge in [0.05, 0.1) is 6.33 Å². The highest BCUT2D eigenvalue weighted by Gasteiger charge is 2.14. The van der Waals surface area contributed by atoms with Crippen LogP contribution in [0, 0.1) is 0 Å². The van der Waals surface area contributed by atoms with Crippen molar-refractivity contribution in [1.29, 1.82) is 0 Å². The average molecular weight is 375 g/mol. The SMILES string of the molecule is NNC(=O)Cn1cnc2c(N)nc(-c3ccc(Oc4ccccc4)cc3)nc21. The third-order valence-corrected chi connectivity index (χ3v) is 4.06. The van der Waals surface area contributed by atoms with Crippen LogP contribution in [-0.2, 0) is 11.3 Å². The van der Waals surface area contributed by atoms with Gasteiger partial charge < -0.3 is 15.0 Å². The molecule has 0 unspecified atom stereocenters. The van der Waals surface area contributed by atoms with Crippen LogP contribution in [0.15, 0.2) is 60.9 Å². The van der Waals surface area contributed by atoms with E-state index in [1.807, 2.05) is 54.6 Å². The van der Waals surface area contributed by atoms with Gasteiger partial charge in [0.25, 0.3) is 5.91 Å². The van der Waals surface area contributed by atoms with Crippen LogP contribution in [0.25, 0.3) is 22.6 Å². The van der Waals surface area contributed by atoms with Gasteiger partial charge in [-0.05, 0) is 36.4 Å². The molecule has 4 aromatic rings. The Morgan fingerprint density at radius 1 is 1.04 bits per heavy atom. The fraction of sp³-hybridized carbons (Fsp3) is 0.0526. The highest BCUT2D eigenvalue weighted by Crippen LogP contribution is 2.26. The lowest BCUT2D eigenvalue weighted by atomic mass is 10.2. The predicted molar refractivity (Wildman–Crippen MR) is 104 cm³/mol. The standard InChI is InChI=1S/C19H17N7O2/c20-17-16-19(26(11-22-16)10-15(27)25-21)24-18(23-17)12-6-8-14(9-7-12)28-13-4-2-1-3-5-13/h1-9,11H,10,21H2,(H,25,27)(H2,20,23,24). The molecule has 0 aliphatic carbocycles. The summed E-state index contributed by atoms with van der Waals surface area (Å²) in [5, 5.41) is 0. The van der Waals surface area contributed by atoms with Gasteiger partial charge in [-0.1, -0.05) is 18.2 Å². The molecule has 0 aliphatic rings. The monoisotopic (exact) mass is 375 g/mol. The number of fused-ring (bicyclic) bond motifs is 1. The lowest BCUT2D eigenvalue weighted by Crippen LogP contribution is -2.33. The quantitative estimate of drug-likeness (QED) is 0.275. The summed E-state index contributed by atoms with van der Waals surface area (Å²) in [6.45, 7) is -0.0211. The number of para-hydroxylation sites is 1. The van der Waals surface area contributed by atoms with Crippen molar-refractivity contribution >= 4 is 22.9 Å². The normalized spacial score (nSPS) is 10.8. The number of nitrogen functional groups attached to an aromatic ring is 1. The molecule has 28 heavy (non-hydrogen) atoms. The molecule has 9 nitrogen and oxygen atoms in total. The summed E-state index contributed by atoms with van der Waals surface area (Å²) in [6.07, 6.45) is 1.48. The molecule has 0 spiro atoms. The van der Waals surface area contributed by atoms with Crippen LogP contribution in [-0.4, -0.2) is 25.4 Å².